The summed E-state index contributed by atoms with van der Waals surface area (Å²) in [5, 5.41) is 9.45. The van der Waals surface area contributed by atoms with E-state index >= 15 is 0 Å². The summed E-state index contributed by atoms with van der Waals surface area (Å²) in [7, 11) is 0. The molecular formula is C31H18Cl5FN2O5. The topological polar surface area (TPSA) is 104 Å². The number of rotatable bonds is 8. The lowest BCUT2D eigenvalue weighted by atomic mass is 9.83. The van der Waals surface area contributed by atoms with Crippen molar-refractivity contribution in [3.8, 4) is 29.1 Å². The fourth-order valence-electron chi connectivity index (χ4n) is 4.41. The molecule has 5 rings (SSSR count). The van der Waals surface area contributed by atoms with Crippen molar-refractivity contribution in [2.75, 3.05) is 6.61 Å². The van der Waals surface area contributed by atoms with E-state index in [-0.39, 0.29) is 66.2 Å². The highest BCUT2D eigenvalue weighted by atomic mass is 35.5. The van der Waals surface area contributed by atoms with Gasteiger partial charge in [0.1, 0.15) is 51.4 Å². The van der Waals surface area contributed by atoms with Gasteiger partial charge in [0.05, 0.1) is 21.0 Å². The van der Waals surface area contributed by atoms with Crippen LogP contribution in [0.5, 0.6) is 23.0 Å². The number of nitrogens with zero attached hydrogens (tertiary/aromatic N) is 1. The second kappa shape index (κ2) is 13.4. The fraction of sp³-hybridized carbons (Fsp3) is 0.0968. The summed E-state index contributed by atoms with van der Waals surface area (Å²) in [5.41, 5.74) is 7.96. The molecule has 0 bridgehead atoms. The number of esters is 1. The molecule has 224 valence electrons. The molecule has 0 amide bonds. The van der Waals surface area contributed by atoms with Crippen molar-refractivity contribution in [3.05, 3.63) is 126 Å². The number of benzene rings is 4. The molecule has 1 unspecified atom stereocenters. The molecule has 4 aromatic rings. The van der Waals surface area contributed by atoms with Gasteiger partial charge < -0.3 is 24.7 Å². The predicted octanol–water partition coefficient (Wildman–Crippen LogP) is 8.87. The van der Waals surface area contributed by atoms with E-state index < -0.39 is 18.5 Å². The molecule has 0 saturated heterocycles. The molecule has 1 aliphatic rings. The Kier molecular flexibility index (Phi) is 9.64. The summed E-state index contributed by atoms with van der Waals surface area (Å²) in [5.74, 6) is -1.24. The number of carbonyl (C=O) groups is 1. The van der Waals surface area contributed by atoms with Crippen LogP contribution in [0.1, 0.15) is 22.6 Å². The number of fused-ring (bicyclic) bond motifs is 1. The van der Waals surface area contributed by atoms with Gasteiger partial charge in [-0.1, -0.05) is 94.4 Å². The Hall–Kier alpha value is -3.84. The molecule has 7 nitrogen and oxygen atoms in total. The second-order valence-electron chi connectivity index (χ2n) is 9.24. The van der Waals surface area contributed by atoms with Gasteiger partial charge in [0.2, 0.25) is 5.88 Å². The lowest BCUT2D eigenvalue weighted by Gasteiger charge is -2.27. The van der Waals surface area contributed by atoms with Crippen LogP contribution in [0.4, 0.5) is 4.39 Å². The zero-order valence-corrected chi connectivity index (χ0v) is 26.0. The van der Waals surface area contributed by atoms with E-state index in [9.17, 15) is 14.4 Å². The minimum atomic E-state index is -0.812. The Morgan fingerprint density at radius 3 is 2.30 bits per heavy atom. The van der Waals surface area contributed by atoms with Crippen molar-refractivity contribution >= 4 is 64.0 Å². The van der Waals surface area contributed by atoms with Crippen molar-refractivity contribution in [1.29, 1.82) is 5.26 Å². The largest absolute Gasteiger partial charge is 0.489 e. The van der Waals surface area contributed by atoms with Gasteiger partial charge in [0, 0.05) is 17.2 Å². The quantitative estimate of drug-likeness (QED) is 0.0851. The maximum atomic E-state index is 14.1. The Labute approximate surface area is 275 Å². The zero-order chi connectivity index (χ0) is 31.5. The van der Waals surface area contributed by atoms with Gasteiger partial charge in [0.25, 0.3) is 0 Å². The third kappa shape index (κ3) is 6.48. The van der Waals surface area contributed by atoms with Gasteiger partial charge >= 0.3 is 5.97 Å². The Morgan fingerprint density at radius 1 is 0.886 bits per heavy atom. The number of hydrogen-bond acceptors (Lipinski definition) is 7. The number of carbonyl (C=O) groups excluding carboxylic acids is 1. The number of nitriles is 1. The van der Waals surface area contributed by atoms with E-state index in [1.807, 2.05) is 0 Å². The molecule has 1 heterocycles. The van der Waals surface area contributed by atoms with E-state index in [0.717, 1.165) is 0 Å². The molecule has 1 aliphatic heterocycles. The van der Waals surface area contributed by atoms with Crippen LogP contribution in [-0.2, 0) is 11.4 Å². The molecule has 1 atom stereocenters. The fourth-order valence-corrected chi connectivity index (χ4v) is 5.64. The molecule has 2 N–H and O–H groups in total. The average molecular weight is 695 g/mol. The number of nitrogens with two attached hydrogens (primary N) is 1. The maximum absolute atomic E-state index is 14.1. The van der Waals surface area contributed by atoms with Crippen LogP contribution in [0.25, 0.3) is 0 Å². The van der Waals surface area contributed by atoms with Gasteiger partial charge in [-0.25, -0.2) is 9.18 Å². The van der Waals surface area contributed by atoms with Crippen LogP contribution in [0.2, 0.25) is 25.1 Å². The lowest BCUT2D eigenvalue weighted by Crippen LogP contribution is -2.22. The number of halogens is 6. The second-order valence-corrected chi connectivity index (χ2v) is 11.1. The van der Waals surface area contributed by atoms with Crippen molar-refractivity contribution in [2.24, 2.45) is 5.73 Å². The standard InChI is InChI=1S/C31H18Cl5FN2O5/c32-25-26(33)28(35)30(29(36)27(25)34)42-14-23(40)43-18-8-9-19-22(11-18)44-31(39)20(12-38)24(19)15-5-3-6-17(10-15)41-13-16-4-1-2-7-21(16)37/h1-11,24H,13-14,39H2. The van der Waals surface area contributed by atoms with Crippen LogP contribution >= 0.6 is 58.0 Å². The first-order chi connectivity index (χ1) is 21.1. The van der Waals surface area contributed by atoms with Crippen LogP contribution in [0.3, 0.4) is 0 Å². The highest BCUT2D eigenvalue weighted by Gasteiger charge is 2.31. The first kappa shape index (κ1) is 31.6. The SMILES string of the molecule is N#CC1=C(N)Oc2cc(OC(=O)COc3c(Cl)c(Cl)c(Cl)c(Cl)c3Cl)ccc2C1c1cccc(OCc2ccccc2F)c1. The van der Waals surface area contributed by atoms with Crippen LogP contribution < -0.4 is 24.7 Å². The summed E-state index contributed by atoms with van der Waals surface area (Å²) in [6.45, 7) is -0.590. The summed E-state index contributed by atoms with van der Waals surface area (Å²) < 4.78 is 36.4. The molecule has 0 spiro atoms. The Balaban J connectivity index is 1.35. The molecule has 0 radical (unpaired) electrons. The summed E-state index contributed by atoms with van der Waals surface area (Å²) >= 11 is 30.4. The number of allylic oxidation sites excluding steroid dienone is 1. The normalized spacial score (nSPS) is 13.9. The summed E-state index contributed by atoms with van der Waals surface area (Å²) in [6.07, 6.45) is 0. The van der Waals surface area contributed by atoms with Gasteiger partial charge in [-0.3, -0.25) is 0 Å². The third-order valence-corrected chi connectivity index (χ3v) is 8.71. The van der Waals surface area contributed by atoms with Crippen molar-refractivity contribution in [1.82, 2.24) is 0 Å². The average Bonchev–Trinajstić information content (AvgIpc) is 3.02. The van der Waals surface area contributed by atoms with E-state index in [4.69, 9.17) is 82.7 Å². The molecule has 0 fully saturated rings. The number of ether oxygens (including phenoxy) is 4. The molecule has 13 heteroatoms. The first-order valence-corrected chi connectivity index (χ1v) is 14.5. The monoisotopic (exact) mass is 692 g/mol. The van der Waals surface area contributed by atoms with E-state index in [2.05, 4.69) is 6.07 Å². The molecule has 0 saturated carbocycles. The minimum absolute atomic E-state index is 0.0124. The van der Waals surface area contributed by atoms with Crippen LogP contribution in [-0.4, -0.2) is 12.6 Å². The maximum Gasteiger partial charge on any atom is 0.349 e. The van der Waals surface area contributed by atoms with Gasteiger partial charge in [-0.15, -0.1) is 0 Å². The zero-order valence-electron chi connectivity index (χ0n) is 22.2. The van der Waals surface area contributed by atoms with Crippen molar-refractivity contribution in [3.63, 3.8) is 0 Å². The smallest absolute Gasteiger partial charge is 0.349 e. The van der Waals surface area contributed by atoms with Crippen LogP contribution in [0.15, 0.2) is 78.2 Å². The van der Waals surface area contributed by atoms with E-state index in [1.54, 1.807) is 48.5 Å². The predicted molar refractivity (Wildman–Crippen MR) is 166 cm³/mol. The summed E-state index contributed by atoms with van der Waals surface area (Å²) in [6, 6.07) is 20.1. The molecule has 4 aromatic carbocycles. The highest BCUT2D eigenvalue weighted by molar-refractivity contribution is 6.55. The Morgan fingerprint density at radius 2 is 1.59 bits per heavy atom. The van der Waals surface area contributed by atoms with Crippen molar-refractivity contribution in [2.45, 2.75) is 12.5 Å². The Bertz CT molecular complexity index is 1830. The van der Waals surface area contributed by atoms with Crippen molar-refractivity contribution < 1.29 is 28.1 Å². The minimum Gasteiger partial charge on any atom is -0.489 e. The molecule has 44 heavy (non-hydrogen) atoms. The number of hydrogen-bond donors (Lipinski definition) is 1. The van der Waals surface area contributed by atoms with Gasteiger partial charge in [0.15, 0.2) is 12.4 Å². The molecule has 0 aliphatic carbocycles. The van der Waals surface area contributed by atoms with E-state index in [0.29, 0.717) is 22.4 Å². The summed E-state index contributed by atoms with van der Waals surface area (Å²) in [4.78, 5) is 12.6. The lowest BCUT2D eigenvalue weighted by molar-refractivity contribution is -0.136. The third-order valence-electron chi connectivity index (χ3n) is 6.47. The van der Waals surface area contributed by atoms with Gasteiger partial charge in [-0.05, 0) is 29.8 Å². The van der Waals surface area contributed by atoms with E-state index in [1.165, 1.54) is 18.2 Å². The molecule has 0 aromatic heterocycles. The highest BCUT2D eigenvalue weighted by Crippen LogP contribution is 2.48. The van der Waals surface area contributed by atoms with Crippen LogP contribution in [0, 0.1) is 17.1 Å². The molecular weight excluding hydrogens is 677 g/mol. The first-order valence-electron chi connectivity index (χ1n) is 12.6. The van der Waals surface area contributed by atoms with Gasteiger partial charge in [-0.2, -0.15) is 5.26 Å².